The highest BCUT2D eigenvalue weighted by molar-refractivity contribution is 6.32. The summed E-state index contributed by atoms with van der Waals surface area (Å²) < 4.78 is 38.4. The van der Waals surface area contributed by atoms with E-state index in [0.717, 1.165) is 31.4 Å². The lowest BCUT2D eigenvalue weighted by molar-refractivity contribution is -0.142. The van der Waals surface area contributed by atoms with Crippen LogP contribution in [-0.4, -0.2) is 47.8 Å². The first kappa shape index (κ1) is 19.7. The van der Waals surface area contributed by atoms with Crippen LogP contribution in [-0.2, 0) is 15.8 Å². The molecule has 146 valence electrons. The molecule has 8 heteroatoms. The summed E-state index contributed by atoms with van der Waals surface area (Å²) in [7, 11) is 0. The molecule has 0 bridgehead atoms. The van der Waals surface area contributed by atoms with Crippen LogP contribution in [0, 0.1) is 5.92 Å². The van der Waals surface area contributed by atoms with E-state index in [1.54, 1.807) is 9.80 Å². The Morgan fingerprint density at radius 1 is 1.07 bits per heavy atom. The summed E-state index contributed by atoms with van der Waals surface area (Å²) in [6.07, 6.45) is 1.03. The number of amides is 2. The van der Waals surface area contributed by atoms with E-state index in [0.29, 0.717) is 26.2 Å². The van der Waals surface area contributed by atoms with Crippen molar-refractivity contribution in [3.8, 4) is 0 Å². The molecular formula is C19H20ClF3N2O2. The third-order valence-corrected chi connectivity index (χ3v) is 5.43. The molecule has 0 atom stereocenters. The van der Waals surface area contributed by atoms with E-state index in [2.05, 4.69) is 0 Å². The maximum atomic E-state index is 12.8. The third kappa shape index (κ3) is 4.64. The number of carbonyl (C=O) groups excluding carboxylic acids is 2. The zero-order valence-electron chi connectivity index (χ0n) is 14.6. The van der Waals surface area contributed by atoms with Gasteiger partial charge in [-0.2, -0.15) is 13.2 Å². The molecule has 27 heavy (non-hydrogen) atoms. The van der Waals surface area contributed by atoms with Crippen molar-refractivity contribution in [2.45, 2.75) is 25.4 Å². The van der Waals surface area contributed by atoms with Gasteiger partial charge in [0.25, 0.3) is 0 Å². The van der Waals surface area contributed by atoms with Gasteiger partial charge < -0.3 is 9.80 Å². The molecular weight excluding hydrogens is 381 g/mol. The van der Waals surface area contributed by atoms with Crippen molar-refractivity contribution >= 4 is 29.5 Å². The first-order valence-electron chi connectivity index (χ1n) is 8.88. The molecule has 0 spiro atoms. The third-order valence-electron chi connectivity index (χ3n) is 5.09. The van der Waals surface area contributed by atoms with E-state index in [4.69, 9.17) is 11.6 Å². The fourth-order valence-electron chi connectivity index (χ4n) is 3.17. The molecule has 4 nitrogen and oxygen atoms in total. The van der Waals surface area contributed by atoms with Crippen molar-refractivity contribution in [2.24, 2.45) is 5.92 Å². The summed E-state index contributed by atoms with van der Waals surface area (Å²) in [6, 6.07) is 2.99. The molecule has 0 radical (unpaired) electrons. The van der Waals surface area contributed by atoms with Crippen molar-refractivity contribution < 1.29 is 22.8 Å². The molecule has 0 aromatic heterocycles. The van der Waals surface area contributed by atoms with E-state index < -0.39 is 11.7 Å². The standard InChI is InChI=1S/C19H20ClF3N2O2/c20-16-6-5-15(19(21,22)23)12-14(16)4-7-17(26)24-8-10-25(11-9-24)18(27)13-2-1-3-13/h4-7,12-13H,1-3,8-11H2/b7-4+. The molecule has 1 aromatic carbocycles. The molecule has 1 saturated carbocycles. The normalized spacial score (nSPS) is 18.7. The van der Waals surface area contributed by atoms with Crippen LogP contribution in [0.1, 0.15) is 30.4 Å². The zero-order chi connectivity index (χ0) is 19.6. The highest BCUT2D eigenvalue weighted by Gasteiger charge is 2.32. The van der Waals surface area contributed by atoms with E-state index in [-0.39, 0.29) is 28.3 Å². The summed E-state index contributed by atoms with van der Waals surface area (Å²) in [5, 5.41) is 0.142. The predicted molar refractivity (Wildman–Crippen MR) is 96.0 cm³/mol. The topological polar surface area (TPSA) is 40.6 Å². The number of piperazine rings is 1. The van der Waals surface area contributed by atoms with Crippen molar-refractivity contribution in [3.63, 3.8) is 0 Å². The highest BCUT2D eigenvalue weighted by atomic mass is 35.5. The Kier molecular flexibility index (Phi) is 5.79. The van der Waals surface area contributed by atoms with Crippen LogP contribution in [0.2, 0.25) is 5.02 Å². The maximum Gasteiger partial charge on any atom is 0.416 e. The van der Waals surface area contributed by atoms with Crippen LogP contribution in [0.25, 0.3) is 6.08 Å². The van der Waals surface area contributed by atoms with Crippen molar-refractivity contribution in [1.82, 2.24) is 9.80 Å². The Hall–Kier alpha value is -2.02. The van der Waals surface area contributed by atoms with E-state index >= 15 is 0 Å². The number of nitrogens with zero attached hydrogens (tertiary/aromatic N) is 2. The van der Waals surface area contributed by atoms with Crippen LogP contribution in [0.4, 0.5) is 13.2 Å². The van der Waals surface area contributed by atoms with Gasteiger partial charge in [-0.1, -0.05) is 18.0 Å². The summed E-state index contributed by atoms with van der Waals surface area (Å²) in [5.74, 6) is -0.00550. The minimum Gasteiger partial charge on any atom is -0.339 e. The van der Waals surface area contributed by atoms with Gasteiger partial charge in [-0.05, 0) is 42.7 Å². The predicted octanol–water partition coefficient (Wildman–Crippen LogP) is 3.84. The zero-order valence-corrected chi connectivity index (χ0v) is 15.4. The van der Waals surface area contributed by atoms with Crippen LogP contribution in [0.3, 0.4) is 0 Å². The summed E-state index contributed by atoms with van der Waals surface area (Å²) in [5.41, 5.74) is -0.680. The van der Waals surface area contributed by atoms with Gasteiger partial charge in [0.1, 0.15) is 0 Å². The van der Waals surface area contributed by atoms with Gasteiger partial charge in [0.15, 0.2) is 0 Å². The molecule has 1 aromatic rings. The molecule has 0 N–H and O–H groups in total. The highest BCUT2D eigenvalue weighted by Crippen LogP contribution is 2.32. The van der Waals surface area contributed by atoms with Gasteiger partial charge in [-0.15, -0.1) is 0 Å². The Bertz CT molecular complexity index is 752. The van der Waals surface area contributed by atoms with E-state index in [9.17, 15) is 22.8 Å². The largest absolute Gasteiger partial charge is 0.416 e. The number of halogens is 4. The lowest BCUT2D eigenvalue weighted by Gasteiger charge is -2.37. The second-order valence-electron chi connectivity index (χ2n) is 6.85. The van der Waals surface area contributed by atoms with E-state index in [1.807, 2.05) is 0 Å². The van der Waals surface area contributed by atoms with Gasteiger partial charge >= 0.3 is 6.18 Å². The fraction of sp³-hybridized carbons (Fsp3) is 0.474. The number of hydrogen-bond donors (Lipinski definition) is 0. The number of hydrogen-bond acceptors (Lipinski definition) is 2. The number of carbonyl (C=O) groups is 2. The quantitative estimate of drug-likeness (QED) is 0.723. The molecule has 2 amide bonds. The molecule has 1 aliphatic heterocycles. The molecule has 2 aliphatic rings. The molecule has 1 aliphatic carbocycles. The summed E-state index contributed by atoms with van der Waals surface area (Å²) >= 11 is 5.93. The van der Waals surface area contributed by atoms with Gasteiger partial charge in [0.2, 0.25) is 11.8 Å². The second-order valence-corrected chi connectivity index (χ2v) is 7.25. The van der Waals surface area contributed by atoms with Crippen LogP contribution in [0.15, 0.2) is 24.3 Å². The number of alkyl halides is 3. The monoisotopic (exact) mass is 400 g/mol. The first-order chi connectivity index (χ1) is 12.8. The Morgan fingerprint density at radius 2 is 1.70 bits per heavy atom. The Morgan fingerprint density at radius 3 is 2.26 bits per heavy atom. The summed E-state index contributed by atoms with van der Waals surface area (Å²) in [6.45, 7) is 1.80. The second kappa shape index (κ2) is 7.92. The van der Waals surface area contributed by atoms with Gasteiger partial charge in [-0.25, -0.2) is 0 Å². The van der Waals surface area contributed by atoms with Gasteiger partial charge in [0.05, 0.1) is 5.56 Å². The van der Waals surface area contributed by atoms with E-state index in [1.165, 1.54) is 18.2 Å². The minimum absolute atomic E-state index is 0.134. The first-order valence-corrected chi connectivity index (χ1v) is 9.26. The number of benzene rings is 1. The van der Waals surface area contributed by atoms with Crippen molar-refractivity contribution in [1.29, 1.82) is 0 Å². The lowest BCUT2D eigenvalue weighted by atomic mass is 9.84. The Labute approximate surface area is 160 Å². The lowest BCUT2D eigenvalue weighted by Crippen LogP contribution is -2.52. The average Bonchev–Trinajstić information content (AvgIpc) is 2.58. The molecule has 0 unspecified atom stereocenters. The average molecular weight is 401 g/mol. The van der Waals surface area contributed by atoms with Gasteiger partial charge in [-0.3, -0.25) is 9.59 Å². The maximum absolute atomic E-state index is 12.8. The van der Waals surface area contributed by atoms with Crippen LogP contribution >= 0.6 is 11.6 Å². The smallest absolute Gasteiger partial charge is 0.339 e. The van der Waals surface area contributed by atoms with Gasteiger partial charge in [0, 0.05) is 43.2 Å². The molecule has 3 rings (SSSR count). The van der Waals surface area contributed by atoms with Crippen LogP contribution in [0.5, 0.6) is 0 Å². The van der Waals surface area contributed by atoms with Crippen LogP contribution < -0.4 is 0 Å². The number of rotatable bonds is 3. The fourth-order valence-corrected chi connectivity index (χ4v) is 3.36. The summed E-state index contributed by atoms with van der Waals surface area (Å²) in [4.78, 5) is 27.9. The molecule has 1 heterocycles. The molecule has 2 fully saturated rings. The SMILES string of the molecule is O=C(/C=C/c1cc(C(F)(F)F)ccc1Cl)N1CCN(C(=O)C2CCC2)CC1. The molecule has 1 saturated heterocycles. The minimum atomic E-state index is -4.47. The Balaban J connectivity index is 1.59. The van der Waals surface area contributed by atoms with Crippen molar-refractivity contribution in [2.75, 3.05) is 26.2 Å². The van der Waals surface area contributed by atoms with Crippen molar-refractivity contribution in [3.05, 3.63) is 40.4 Å².